The molecule has 0 aliphatic heterocycles. The van der Waals surface area contributed by atoms with Gasteiger partial charge in [-0.25, -0.2) is 4.98 Å². The highest BCUT2D eigenvalue weighted by Gasteiger charge is 2.22. The van der Waals surface area contributed by atoms with Crippen LogP contribution < -0.4 is 10.1 Å². The first-order chi connectivity index (χ1) is 13.6. The molecule has 4 rings (SSSR count). The first-order valence-corrected chi connectivity index (χ1v) is 9.43. The van der Waals surface area contributed by atoms with Crippen LogP contribution in [-0.2, 0) is 6.54 Å². The predicted molar refractivity (Wildman–Crippen MR) is 103 cm³/mol. The van der Waals surface area contributed by atoms with Crippen molar-refractivity contribution in [1.29, 1.82) is 0 Å². The van der Waals surface area contributed by atoms with Crippen LogP contribution in [0.2, 0.25) is 0 Å². The lowest BCUT2D eigenvalue weighted by molar-refractivity contribution is 0.0941. The van der Waals surface area contributed by atoms with Gasteiger partial charge < -0.3 is 15.2 Å². The maximum atomic E-state index is 12.2. The third kappa shape index (κ3) is 4.12. The van der Waals surface area contributed by atoms with E-state index in [0.29, 0.717) is 34.9 Å². The summed E-state index contributed by atoms with van der Waals surface area (Å²) in [6.07, 6.45) is 7.67. The molecule has 0 aromatic carbocycles. The number of aryl methyl sites for hydroxylation is 1. The minimum absolute atomic E-state index is 0.117. The topological polar surface area (TPSA) is 102 Å². The van der Waals surface area contributed by atoms with Crippen LogP contribution in [0, 0.1) is 12.8 Å². The molecule has 146 valence electrons. The van der Waals surface area contributed by atoms with Crippen LogP contribution in [-0.4, -0.2) is 50.5 Å². The second-order valence-electron chi connectivity index (χ2n) is 7.12. The van der Waals surface area contributed by atoms with Gasteiger partial charge in [0.25, 0.3) is 5.91 Å². The number of hydrogen-bond donors (Lipinski definition) is 2. The van der Waals surface area contributed by atoms with E-state index >= 15 is 0 Å². The van der Waals surface area contributed by atoms with Crippen molar-refractivity contribution in [3.05, 3.63) is 47.5 Å². The van der Waals surface area contributed by atoms with E-state index in [1.807, 2.05) is 13.1 Å². The van der Waals surface area contributed by atoms with Crippen LogP contribution >= 0.6 is 0 Å². The largest absolute Gasteiger partial charge is 0.477 e. The zero-order valence-electron chi connectivity index (χ0n) is 15.8. The van der Waals surface area contributed by atoms with Gasteiger partial charge in [-0.2, -0.15) is 5.10 Å². The average Bonchev–Trinajstić information content (AvgIpc) is 3.42. The van der Waals surface area contributed by atoms with Crippen molar-refractivity contribution in [2.75, 3.05) is 19.8 Å². The molecule has 0 spiro atoms. The van der Waals surface area contributed by atoms with Crippen molar-refractivity contribution < 1.29 is 14.6 Å². The quantitative estimate of drug-likeness (QED) is 0.616. The number of amides is 1. The smallest absolute Gasteiger partial charge is 0.270 e. The van der Waals surface area contributed by atoms with Crippen molar-refractivity contribution in [2.45, 2.75) is 26.3 Å². The van der Waals surface area contributed by atoms with Gasteiger partial charge in [0, 0.05) is 30.7 Å². The Hall–Kier alpha value is -3.00. The van der Waals surface area contributed by atoms with Gasteiger partial charge in [-0.05, 0) is 43.4 Å². The fourth-order valence-electron chi connectivity index (χ4n) is 3.04. The summed E-state index contributed by atoms with van der Waals surface area (Å²) in [5.74, 6) is 1.05. The Bertz CT molecular complexity index is 997. The highest BCUT2D eigenvalue weighted by Crippen LogP contribution is 2.29. The van der Waals surface area contributed by atoms with Crippen molar-refractivity contribution >= 4 is 16.8 Å². The minimum atomic E-state index is -0.325. The van der Waals surface area contributed by atoms with E-state index in [2.05, 4.69) is 26.4 Å². The van der Waals surface area contributed by atoms with Crippen LogP contribution in [0.4, 0.5) is 0 Å². The number of hydrogen-bond acceptors (Lipinski definition) is 6. The average molecular weight is 381 g/mol. The number of carbonyl (C=O) groups is 1. The van der Waals surface area contributed by atoms with Crippen LogP contribution in [0.3, 0.4) is 0 Å². The molecule has 1 saturated carbocycles. The fourth-order valence-corrected chi connectivity index (χ4v) is 3.04. The van der Waals surface area contributed by atoms with Gasteiger partial charge in [-0.3, -0.25) is 14.5 Å². The number of nitrogens with one attached hydrogen (secondary N) is 1. The number of nitrogens with zero attached hydrogens (tertiary/aromatic N) is 4. The highest BCUT2D eigenvalue weighted by atomic mass is 16.5. The SMILES string of the molecule is Cc1cc(Cn2cc3c(C(=O)NCCO)nccc3n2)cnc1OCC1CC1. The van der Waals surface area contributed by atoms with Crippen molar-refractivity contribution in [2.24, 2.45) is 5.92 Å². The zero-order chi connectivity index (χ0) is 19.5. The molecular weight excluding hydrogens is 358 g/mol. The maximum absolute atomic E-state index is 12.2. The fraction of sp³-hybridized carbons (Fsp3) is 0.400. The summed E-state index contributed by atoms with van der Waals surface area (Å²) < 4.78 is 7.56. The molecule has 0 atom stereocenters. The van der Waals surface area contributed by atoms with Crippen LogP contribution in [0.1, 0.15) is 34.5 Å². The minimum Gasteiger partial charge on any atom is -0.477 e. The summed E-state index contributed by atoms with van der Waals surface area (Å²) in [4.78, 5) is 20.8. The Morgan fingerprint density at radius 3 is 3.00 bits per heavy atom. The van der Waals surface area contributed by atoms with Gasteiger partial charge in [-0.15, -0.1) is 0 Å². The molecule has 28 heavy (non-hydrogen) atoms. The van der Waals surface area contributed by atoms with Crippen molar-refractivity contribution in [1.82, 2.24) is 25.1 Å². The number of ether oxygens (including phenoxy) is 1. The molecular formula is C20H23N5O3. The summed E-state index contributed by atoms with van der Waals surface area (Å²) in [6.45, 7) is 3.33. The monoisotopic (exact) mass is 381 g/mol. The number of aliphatic hydroxyl groups excluding tert-OH is 1. The summed E-state index contributed by atoms with van der Waals surface area (Å²) >= 11 is 0. The number of carbonyl (C=O) groups excluding carboxylic acids is 1. The third-order valence-corrected chi connectivity index (χ3v) is 4.68. The van der Waals surface area contributed by atoms with Gasteiger partial charge in [0.05, 0.1) is 30.7 Å². The van der Waals surface area contributed by atoms with Crippen molar-refractivity contribution in [3.63, 3.8) is 0 Å². The van der Waals surface area contributed by atoms with Crippen LogP contribution in [0.5, 0.6) is 5.88 Å². The van der Waals surface area contributed by atoms with E-state index in [1.54, 1.807) is 23.1 Å². The second kappa shape index (κ2) is 7.93. The van der Waals surface area contributed by atoms with Crippen LogP contribution in [0.15, 0.2) is 30.7 Å². The first kappa shape index (κ1) is 18.4. The molecule has 3 aromatic heterocycles. The molecule has 1 aliphatic carbocycles. The molecule has 2 N–H and O–H groups in total. The lowest BCUT2D eigenvalue weighted by Gasteiger charge is -2.09. The Balaban J connectivity index is 1.51. The molecule has 0 bridgehead atoms. The van der Waals surface area contributed by atoms with E-state index in [1.165, 1.54) is 12.8 Å². The van der Waals surface area contributed by atoms with Crippen molar-refractivity contribution in [3.8, 4) is 5.88 Å². The Morgan fingerprint density at radius 1 is 1.39 bits per heavy atom. The standard InChI is InChI=1S/C20H23N5O3/c1-13-8-15(9-23-20(13)28-12-14-2-3-14)10-25-11-16-17(24-25)4-5-21-18(16)19(27)22-6-7-26/h4-5,8-9,11,14,26H,2-3,6-7,10,12H2,1H3,(H,22,27). The third-order valence-electron chi connectivity index (χ3n) is 4.68. The van der Waals surface area contributed by atoms with Gasteiger partial charge in [0.15, 0.2) is 0 Å². The molecule has 8 heteroatoms. The summed E-state index contributed by atoms with van der Waals surface area (Å²) in [7, 11) is 0. The van der Waals surface area contributed by atoms with Gasteiger partial charge in [0.2, 0.25) is 5.88 Å². The van der Waals surface area contributed by atoms with E-state index in [4.69, 9.17) is 9.84 Å². The summed E-state index contributed by atoms with van der Waals surface area (Å²) in [6, 6.07) is 3.82. The normalized spacial score (nSPS) is 13.6. The highest BCUT2D eigenvalue weighted by molar-refractivity contribution is 6.04. The molecule has 0 radical (unpaired) electrons. The molecule has 0 unspecified atom stereocenters. The lowest BCUT2D eigenvalue weighted by Crippen LogP contribution is -2.27. The zero-order valence-corrected chi connectivity index (χ0v) is 15.8. The Kier molecular flexibility index (Phi) is 5.21. The Morgan fingerprint density at radius 2 is 2.25 bits per heavy atom. The van der Waals surface area contributed by atoms with Gasteiger partial charge in [0.1, 0.15) is 5.69 Å². The number of fused-ring (bicyclic) bond motifs is 1. The van der Waals surface area contributed by atoms with Gasteiger partial charge in [-0.1, -0.05) is 0 Å². The first-order valence-electron chi connectivity index (χ1n) is 9.43. The van der Waals surface area contributed by atoms with Gasteiger partial charge >= 0.3 is 0 Å². The maximum Gasteiger partial charge on any atom is 0.270 e. The Labute approximate surface area is 162 Å². The molecule has 3 heterocycles. The van der Waals surface area contributed by atoms with E-state index in [-0.39, 0.29) is 19.1 Å². The predicted octanol–water partition coefficient (Wildman–Crippen LogP) is 1.69. The second-order valence-corrected chi connectivity index (χ2v) is 7.12. The van der Waals surface area contributed by atoms with Crippen LogP contribution in [0.25, 0.3) is 10.9 Å². The molecule has 1 fully saturated rings. The number of aliphatic hydroxyl groups is 1. The number of aromatic nitrogens is 4. The summed E-state index contributed by atoms with van der Waals surface area (Å²) in [5.41, 5.74) is 3.00. The van der Waals surface area contributed by atoms with E-state index in [9.17, 15) is 4.79 Å². The van der Waals surface area contributed by atoms with E-state index < -0.39 is 0 Å². The summed E-state index contributed by atoms with van der Waals surface area (Å²) in [5, 5.41) is 16.7. The molecule has 0 saturated heterocycles. The molecule has 3 aromatic rings. The molecule has 1 aliphatic rings. The lowest BCUT2D eigenvalue weighted by atomic mass is 10.2. The molecule has 1 amide bonds. The van der Waals surface area contributed by atoms with E-state index in [0.717, 1.165) is 17.7 Å². The number of pyridine rings is 2. The number of rotatable bonds is 8. The molecule has 8 nitrogen and oxygen atoms in total.